The van der Waals surface area contributed by atoms with Gasteiger partial charge in [0.1, 0.15) is 17.5 Å². The van der Waals surface area contributed by atoms with Gasteiger partial charge in [0, 0.05) is 34.2 Å². The Bertz CT molecular complexity index is 1740. The van der Waals surface area contributed by atoms with Crippen molar-refractivity contribution in [3.05, 3.63) is 69.3 Å². The van der Waals surface area contributed by atoms with E-state index in [4.69, 9.17) is 33.2 Å². The molecule has 3 aromatic rings. The Kier molecular flexibility index (Phi) is 7.48. The van der Waals surface area contributed by atoms with Gasteiger partial charge >= 0.3 is 0 Å². The van der Waals surface area contributed by atoms with Crippen molar-refractivity contribution in [3.63, 3.8) is 0 Å². The second kappa shape index (κ2) is 11.4. The number of carbonyl (C=O) groups excluding carboxylic acids is 2. The van der Waals surface area contributed by atoms with Crippen LogP contribution in [0.5, 0.6) is 34.5 Å². The molecule has 0 saturated carbocycles. The van der Waals surface area contributed by atoms with Gasteiger partial charge in [-0.15, -0.1) is 0 Å². The zero-order chi connectivity index (χ0) is 32.4. The number of piperazine rings is 1. The third kappa shape index (κ3) is 4.10. The van der Waals surface area contributed by atoms with Crippen LogP contribution in [0, 0.1) is 13.8 Å². The Morgan fingerprint density at radius 3 is 2.15 bits per heavy atom. The number of fused-ring (bicyclic) bond motifs is 9. The van der Waals surface area contributed by atoms with Crippen LogP contribution in [0.2, 0.25) is 0 Å². The molecule has 0 aromatic heterocycles. The van der Waals surface area contributed by atoms with Crippen LogP contribution >= 0.6 is 0 Å². The third-order valence-corrected chi connectivity index (χ3v) is 9.92. The van der Waals surface area contributed by atoms with Gasteiger partial charge in [-0.2, -0.15) is 0 Å². The van der Waals surface area contributed by atoms with Gasteiger partial charge in [0.05, 0.1) is 65.3 Å². The van der Waals surface area contributed by atoms with Crippen molar-refractivity contribution in [3.8, 4) is 34.5 Å². The van der Waals surface area contributed by atoms with Crippen LogP contribution in [0.1, 0.15) is 55.8 Å². The Hall–Kier alpha value is -4.48. The van der Waals surface area contributed by atoms with Gasteiger partial charge in [0.2, 0.25) is 12.7 Å². The first kappa shape index (κ1) is 30.2. The number of hydrogen-bond donors (Lipinski definition) is 0. The van der Waals surface area contributed by atoms with Gasteiger partial charge in [-0.05, 0) is 26.5 Å². The van der Waals surface area contributed by atoms with Crippen molar-refractivity contribution >= 4 is 11.7 Å². The lowest BCUT2D eigenvalue weighted by molar-refractivity contribution is -0.156. The molecule has 0 radical (unpaired) electrons. The largest absolute Gasteiger partial charge is 0.496 e. The van der Waals surface area contributed by atoms with Gasteiger partial charge in [0.25, 0.3) is 0 Å². The van der Waals surface area contributed by atoms with Crippen molar-refractivity contribution in [1.82, 2.24) is 9.80 Å². The second-order valence-corrected chi connectivity index (χ2v) is 12.0. The number of benzene rings is 3. The SMILES string of the molecule is COc1c(C)c(OC)c(OC)c2c1C[C@H]1C(=O)N3[C@@H](COCc4ccccc4)c4c5c(c(C)c(OC)c4C(=O)[C@H]3[C@@H]2N1C)OCO5. The van der Waals surface area contributed by atoms with E-state index in [9.17, 15) is 4.79 Å². The van der Waals surface area contributed by atoms with E-state index in [2.05, 4.69) is 0 Å². The lowest BCUT2D eigenvalue weighted by atomic mass is 9.72. The van der Waals surface area contributed by atoms with Gasteiger partial charge in [-0.1, -0.05) is 30.3 Å². The zero-order valence-corrected chi connectivity index (χ0v) is 27.1. The number of ketones is 1. The average molecular weight is 631 g/mol. The van der Waals surface area contributed by atoms with Gasteiger partial charge in [0.15, 0.2) is 28.8 Å². The number of likely N-dealkylation sites (N-methyl/N-ethyl adjacent to an activating group) is 1. The maximum atomic E-state index is 15.1. The predicted octanol–water partition coefficient (Wildman–Crippen LogP) is 4.33. The molecule has 11 heteroatoms. The smallest absolute Gasteiger partial charge is 0.241 e. The van der Waals surface area contributed by atoms with E-state index in [0.29, 0.717) is 64.2 Å². The predicted molar refractivity (Wildman–Crippen MR) is 166 cm³/mol. The summed E-state index contributed by atoms with van der Waals surface area (Å²) in [7, 11) is 8.21. The quantitative estimate of drug-likeness (QED) is 0.357. The van der Waals surface area contributed by atoms with Gasteiger partial charge < -0.3 is 38.1 Å². The highest BCUT2D eigenvalue weighted by Crippen LogP contribution is 2.59. The van der Waals surface area contributed by atoms with E-state index in [-0.39, 0.29) is 25.1 Å². The summed E-state index contributed by atoms with van der Waals surface area (Å²) < 4.78 is 42.0. The summed E-state index contributed by atoms with van der Waals surface area (Å²) in [6.07, 6.45) is 0.363. The zero-order valence-electron chi connectivity index (χ0n) is 27.1. The van der Waals surface area contributed by atoms with E-state index < -0.39 is 24.2 Å². The van der Waals surface area contributed by atoms with Crippen LogP contribution in [0.15, 0.2) is 30.3 Å². The minimum atomic E-state index is -0.940. The molecule has 11 nitrogen and oxygen atoms in total. The standard InChI is InChI=1S/C35H38N2O9/c1-17-29(40-4)20-13-21-35(39)37-22(15-44-14-19-11-9-8-10-12-19)24-25(30(41-5)18(2)32-34(24)46-16-45-32)28(38)27(37)26(36(21)3)23(20)33(43-7)31(17)42-6/h8-12,21-22,26-27H,13-16H2,1-7H3/t21-,22-,26+,27+/m0/s1. The fourth-order valence-electron chi connectivity index (χ4n) is 7.99. The number of carbonyl (C=O) groups is 2. The molecule has 0 aliphatic carbocycles. The number of hydrogen-bond acceptors (Lipinski definition) is 10. The topological polar surface area (TPSA) is 105 Å². The Morgan fingerprint density at radius 2 is 1.48 bits per heavy atom. The fourth-order valence-corrected chi connectivity index (χ4v) is 7.99. The molecule has 7 rings (SSSR count). The highest BCUT2D eigenvalue weighted by Gasteiger charge is 2.60. The normalized spacial score (nSPS) is 22.6. The molecule has 3 aromatic carbocycles. The summed E-state index contributed by atoms with van der Waals surface area (Å²) in [5.74, 6) is 2.58. The van der Waals surface area contributed by atoms with E-state index in [1.807, 2.05) is 56.1 Å². The molecule has 1 amide bonds. The fraction of sp³-hybridized carbons (Fsp3) is 0.429. The summed E-state index contributed by atoms with van der Waals surface area (Å²) >= 11 is 0. The maximum Gasteiger partial charge on any atom is 0.241 e. The number of methoxy groups -OCH3 is 4. The molecule has 4 aliphatic rings. The third-order valence-electron chi connectivity index (χ3n) is 9.92. The van der Waals surface area contributed by atoms with Crippen LogP contribution in [0.3, 0.4) is 0 Å². The van der Waals surface area contributed by atoms with Crippen LogP contribution in [0.25, 0.3) is 0 Å². The number of nitrogens with zero attached hydrogens (tertiary/aromatic N) is 2. The molecule has 1 saturated heterocycles. The van der Waals surface area contributed by atoms with Crippen LogP contribution < -0.4 is 28.4 Å². The molecular formula is C35H38N2O9. The highest BCUT2D eigenvalue weighted by atomic mass is 16.7. The van der Waals surface area contributed by atoms with Crippen molar-refractivity contribution in [1.29, 1.82) is 0 Å². The lowest BCUT2D eigenvalue weighted by Gasteiger charge is -2.56. The van der Waals surface area contributed by atoms with Crippen molar-refractivity contribution in [2.45, 2.75) is 51.0 Å². The Morgan fingerprint density at radius 1 is 0.804 bits per heavy atom. The van der Waals surface area contributed by atoms with E-state index in [1.54, 1.807) is 26.2 Å². The number of ether oxygens (including phenoxy) is 7. The highest BCUT2D eigenvalue weighted by molar-refractivity contribution is 6.10. The van der Waals surface area contributed by atoms with Gasteiger partial charge in [-0.25, -0.2) is 0 Å². The van der Waals surface area contributed by atoms with E-state index >= 15 is 4.79 Å². The molecular weight excluding hydrogens is 592 g/mol. The molecule has 4 heterocycles. The van der Waals surface area contributed by atoms with E-state index in [1.165, 1.54) is 7.11 Å². The molecule has 4 aliphatic heterocycles. The minimum absolute atomic E-state index is 0.00353. The first-order valence-corrected chi connectivity index (χ1v) is 15.3. The Balaban J connectivity index is 1.46. The summed E-state index contributed by atoms with van der Waals surface area (Å²) in [6.45, 7) is 4.19. The first-order chi connectivity index (χ1) is 22.3. The molecule has 0 N–H and O–H groups in total. The molecule has 4 atom stereocenters. The molecule has 242 valence electrons. The monoisotopic (exact) mass is 630 g/mol. The summed E-state index contributed by atoms with van der Waals surface area (Å²) in [5, 5.41) is 0. The minimum Gasteiger partial charge on any atom is -0.496 e. The molecule has 0 unspecified atom stereocenters. The summed E-state index contributed by atoms with van der Waals surface area (Å²) in [6, 6.07) is 7.07. The molecule has 2 bridgehead atoms. The Labute approximate surface area is 267 Å². The van der Waals surface area contributed by atoms with Crippen LogP contribution in [0.4, 0.5) is 0 Å². The molecule has 0 spiro atoms. The maximum absolute atomic E-state index is 15.1. The first-order valence-electron chi connectivity index (χ1n) is 15.3. The molecule has 1 fully saturated rings. The van der Waals surface area contributed by atoms with Crippen molar-refractivity contribution < 1.29 is 42.7 Å². The number of Topliss-reactive ketones (excluding diaryl/α,β-unsaturated/α-hetero) is 1. The lowest BCUT2D eigenvalue weighted by Crippen LogP contribution is -2.68. The van der Waals surface area contributed by atoms with Crippen molar-refractivity contribution in [2.75, 3.05) is 48.9 Å². The summed E-state index contributed by atoms with van der Waals surface area (Å²) in [5.41, 5.74) is 4.94. The van der Waals surface area contributed by atoms with Crippen LogP contribution in [-0.2, 0) is 22.6 Å². The molecule has 46 heavy (non-hydrogen) atoms. The second-order valence-electron chi connectivity index (χ2n) is 12.0. The number of rotatable bonds is 8. The average Bonchev–Trinajstić information content (AvgIpc) is 3.55. The van der Waals surface area contributed by atoms with E-state index in [0.717, 1.165) is 22.3 Å². The number of amides is 1. The van der Waals surface area contributed by atoms with Crippen LogP contribution in [-0.4, -0.2) is 82.5 Å². The summed E-state index contributed by atoms with van der Waals surface area (Å²) in [4.78, 5) is 33.5. The van der Waals surface area contributed by atoms with Crippen molar-refractivity contribution in [2.24, 2.45) is 0 Å². The van der Waals surface area contributed by atoms with Gasteiger partial charge in [-0.3, -0.25) is 14.5 Å².